The minimum Gasteiger partial charge on any atom is -0.325 e. The summed E-state index contributed by atoms with van der Waals surface area (Å²) >= 11 is 0.991. The van der Waals surface area contributed by atoms with E-state index in [1.165, 1.54) is 0 Å². The summed E-state index contributed by atoms with van der Waals surface area (Å²) in [5.41, 5.74) is -0.757. The summed E-state index contributed by atoms with van der Waals surface area (Å²) in [5, 5.41) is 0. The summed E-state index contributed by atoms with van der Waals surface area (Å²) in [6.45, 7) is 0. The van der Waals surface area contributed by atoms with Gasteiger partial charge in [-0.1, -0.05) is 0 Å². The van der Waals surface area contributed by atoms with E-state index in [0.29, 0.717) is 0 Å². The minimum absolute atomic E-state index is 0.273. The molecule has 0 spiro atoms. The van der Waals surface area contributed by atoms with Crippen LogP contribution in [-0.4, -0.2) is 11.9 Å². The van der Waals surface area contributed by atoms with Crippen molar-refractivity contribution >= 4 is 11.9 Å². The molecule has 1 aliphatic rings. The van der Waals surface area contributed by atoms with Gasteiger partial charge in [-0.2, -0.15) is 13.2 Å². The Hall–Kier alpha value is -0.320. The fourth-order valence-electron chi connectivity index (χ4n) is 0.411. The molecule has 0 aromatic carbocycles. The number of hydrogen-bond acceptors (Lipinski definition) is 2. The van der Waals surface area contributed by atoms with Gasteiger partial charge in [0.25, 0.3) is 0 Å². The van der Waals surface area contributed by atoms with E-state index in [0.717, 1.165) is 11.9 Å². The van der Waals surface area contributed by atoms with Crippen LogP contribution in [0.3, 0.4) is 0 Å². The van der Waals surface area contributed by atoms with Crippen molar-refractivity contribution in [3.63, 3.8) is 0 Å². The molecule has 0 saturated heterocycles. The molecule has 0 fully saturated rings. The van der Waals surface area contributed by atoms with E-state index in [1.807, 2.05) is 0 Å². The highest BCUT2D eigenvalue weighted by Gasteiger charge is 2.35. The number of alkyl halides is 3. The van der Waals surface area contributed by atoms with Gasteiger partial charge in [0.1, 0.15) is 5.70 Å². The lowest BCUT2D eigenvalue weighted by Crippen LogP contribution is -2.18. The van der Waals surface area contributed by atoms with Crippen molar-refractivity contribution in [1.82, 2.24) is 4.72 Å². The summed E-state index contributed by atoms with van der Waals surface area (Å²) in [7, 11) is 0. The highest BCUT2D eigenvalue weighted by Crippen LogP contribution is 2.27. The topological polar surface area (TPSA) is 12.0 Å². The summed E-state index contributed by atoms with van der Waals surface area (Å²) in [4.78, 5) is 0. The van der Waals surface area contributed by atoms with Gasteiger partial charge in [-0.15, -0.1) is 0 Å². The van der Waals surface area contributed by atoms with E-state index in [9.17, 15) is 13.2 Å². The van der Waals surface area contributed by atoms with Crippen LogP contribution in [-0.2, 0) is 0 Å². The van der Waals surface area contributed by atoms with Crippen LogP contribution < -0.4 is 4.72 Å². The molecule has 51 valence electrons. The first kappa shape index (κ1) is 6.80. The number of rotatable bonds is 0. The first-order valence-corrected chi connectivity index (χ1v) is 3.15. The average Bonchev–Trinajstić information content (AvgIpc) is 2.08. The second-order valence-electron chi connectivity index (χ2n) is 1.44. The van der Waals surface area contributed by atoms with Crippen LogP contribution >= 0.6 is 11.9 Å². The van der Waals surface area contributed by atoms with Gasteiger partial charge in [0.05, 0.1) is 0 Å². The maximum atomic E-state index is 11.6. The van der Waals surface area contributed by atoms with Crippen LogP contribution in [0.5, 0.6) is 0 Å². The minimum atomic E-state index is -4.25. The maximum absolute atomic E-state index is 11.6. The van der Waals surface area contributed by atoms with Crippen molar-refractivity contribution in [2.75, 3.05) is 5.75 Å². The first-order chi connectivity index (χ1) is 4.11. The molecular weight excluding hydrogens is 151 g/mol. The number of halogens is 3. The van der Waals surface area contributed by atoms with Crippen molar-refractivity contribution in [1.29, 1.82) is 0 Å². The standard InChI is InChI=1S/C4H3F3NS/c5-4(6,7)3-1-2-9-8-3/h8H,2H2. The van der Waals surface area contributed by atoms with Crippen LogP contribution in [0.2, 0.25) is 0 Å². The van der Waals surface area contributed by atoms with Gasteiger partial charge in [-0.25, -0.2) is 0 Å². The molecule has 1 N–H and O–H groups in total. The molecule has 1 rings (SSSR count). The fraction of sp³-hybridized carbons (Fsp3) is 0.500. The summed E-state index contributed by atoms with van der Waals surface area (Å²) in [6, 6.07) is 0. The van der Waals surface area contributed by atoms with Crippen LogP contribution in [0.4, 0.5) is 13.2 Å². The smallest absolute Gasteiger partial charge is 0.325 e. The normalized spacial score (nSPS) is 19.2. The third-order valence-electron chi connectivity index (χ3n) is 0.779. The average molecular weight is 154 g/mol. The third-order valence-corrected chi connectivity index (χ3v) is 1.42. The first-order valence-electron chi connectivity index (χ1n) is 2.16. The fourth-order valence-corrected chi connectivity index (χ4v) is 1.03. The molecule has 0 aromatic heterocycles. The largest absolute Gasteiger partial charge is 0.432 e. The highest BCUT2D eigenvalue weighted by atomic mass is 32.2. The lowest BCUT2D eigenvalue weighted by Gasteiger charge is -2.05. The second-order valence-corrected chi connectivity index (χ2v) is 2.22. The summed E-state index contributed by atoms with van der Waals surface area (Å²) in [6.07, 6.45) is -2.11. The predicted molar refractivity (Wildman–Crippen MR) is 28.4 cm³/mol. The van der Waals surface area contributed by atoms with E-state index in [4.69, 9.17) is 0 Å². The molecule has 1 nitrogen and oxygen atoms in total. The molecule has 1 radical (unpaired) electrons. The molecule has 1 aliphatic heterocycles. The molecule has 0 aromatic rings. The number of hydrogen-bond donors (Lipinski definition) is 1. The van der Waals surface area contributed by atoms with Crippen LogP contribution in [0, 0.1) is 6.08 Å². The van der Waals surface area contributed by atoms with E-state index < -0.39 is 11.9 Å². The molecular formula is C4H3F3NS. The zero-order chi connectivity index (χ0) is 6.91. The Bertz CT molecular complexity index is 139. The Morgan fingerprint density at radius 3 is 2.44 bits per heavy atom. The quantitative estimate of drug-likeness (QED) is 0.530. The maximum Gasteiger partial charge on any atom is 0.432 e. The molecule has 0 bridgehead atoms. The van der Waals surface area contributed by atoms with Crippen LogP contribution in [0.1, 0.15) is 0 Å². The van der Waals surface area contributed by atoms with E-state index in [2.05, 4.69) is 10.8 Å². The second kappa shape index (κ2) is 2.13. The Kier molecular flexibility index (Phi) is 1.61. The van der Waals surface area contributed by atoms with Crippen molar-refractivity contribution in [2.24, 2.45) is 0 Å². The van der Waals surface area contributed by atoms with Crippen molar-refractivity contribution in [3.05, 3.63) is 11.8 Å². The van der Waals surface area contributed by atoms with Gasteiger partial charge in [-0.3, -0.25) is 0 Å². The molecule has 9 heavy (non-hydrogen) atoms. The number of nitrogens with one attached hydrogen (secondary N) is 1. The van der Waals surface area contributed by atoms with Gasteiger partial charge in [0, 0.05) is 5.75 Å². The molecule has 0 atom stereocenters. The van der Waals surface area contributed by atoms with Gasteiger partial charge in [-0.05, 0) is 18.0 Å². The summed E-state index contributed by atoms with van der Waals surface area (Å²) < 4.78 is 36.8. The highest BCUT2D eigenvalue weighted by molar-refractivity contribution is 7.97. The van der Waals surface area contributed by atoms with Gasteiger partial charge in [0.15, 0.2) is 0 Å². The van der Waals surface area contributed by atoms with Crippen molar-refractivity contribution in [3.8, 4) is 0 Å². The van der Waals surface area contributed by atoms with E-state index in [-0.39, 0.29) is 5.75 Å². The zero-order valence-corrected chi connectivity index (χ0v) is 5.07. The molecule has 0 saturated carbocycles. The molecule has 5 heteroatoms. The van der Waals surface area contributed by atoms with E-state index >= 15 is 0 Å². The van der Waals surface area contributed by atoms with Gasteiger partial charge in [0.2, 0.25) is 0 Å². The molecule has 1 heterocycles. The number of allylic oxidation sites excluding steroid dienone is 1. The van der Waals surface area contributed by atoms with Crippen LogP contribution in [0.25, 0.3) is 0 Å². The Morgan fingerprint density at radius 1 is 1.56 bits per heavy atom. The lowest BCUT2D eigenvalue weighted by molar-refractivity contribution is -0.0944. The van der Waals surface area contributed by atoms with Crippen molar-refractivity contribution in [2.45, 2.75) is 6.18 Å². The SMILES string of the molecule is FC(F)(F)C1=[C]CSN1. The Morgan fingerprint density at radius 2 is 2.22 bits per heavy atom. The molecule has 0 amide bonds. The summed E-state index contributed by atoms with van der Waals surface area (Å²) in [5.74, 6) is 0.273. The monoisotopic (exact) mass is 154 g/mol. The Balaban J connectivity index is 2.61. The molecule has 0 unspecified atom stereocenters. The van der Waals surface area contributed by atoms with Crippen molar-refractivity contribution < 1.29 is 13.2 Å². The lowest BCUT2D eigenvalue weighted by atomic mass is 10.4. The van der Waals surface area contributed by atoms with E-state index in [1.54, 1.807) is 0 Å². The molecule has 0 aliphatic carbocycles. The van der Waals surface area contributed by atoms with Gasteiger partial charge < -0.3 is 4.72 Å². The predicted octanol–water partition coefficient (Wildman–Crippen LogP) is 1.49. The Labute approximate surface area is 54.4 Å². The zero-order valence-electron chi connectivity index (χ0n) is 4.25. The third kappa shape index (κ3) is 1.54. The van der Waals surface area contributed by atoms with Gasteiger partial charge >= 0.3 is 6.18 Å². The van der Waals surface area contributed by atoms with Crippen LogP contribution in [0.15, 0.2) is 5.70 Å².